The molecule has 1 N–H and O–H groups in total. The first-order valence-electron chi connectivity index (χ1n) is 7.75. The summed E-state index contributed by atoms with van der Waals surface area (Å²) < 4.78 is 0. The molecule has 2 rings (SSSR count). The molecule has 1 heterocycles. The lowest BCUT2D eigenvalue weighted by Gasteiger charge is -2.28. The number of likely N-dealkylation sites (N-methyl/N-ethyl adjacent to an activating group) is 1. The molecule has 0 bridgehead atoms. The molecule has 116 valence electrons. The molecule has 0 aliphatic carbocycles. The van der Waals surface area contributed by atoms with Crippen molar-refractivity contribution in [2.75, 3.05) is 39.0 Å². The summed E-state index contributed by atoms with van der Waals surface area (Å²) in [5.74, 6) is 0.710. The van der Waals surface area contributed by atoms with E-state index < -0.39 is 0 Å². The number of hydrogen-bond acceptors (Lipinski definition) is 3. The minimum Gasteiger partial charge on any atom is -0.373 e. The molecule has 4 nitrogen and oxygen atoms in total. The standard InChI is InChI=1S/C17H27N3O/c1-13(2)12-20(10-9-19(3)4)17(21)16-11-14-7-5-6-8-15(14)18-16/h5-8,13,16,18H,9-12H2,1-4H3. The van der Waals surface area contributed by atoms with Crippen molar-refractivity contribution in [3.05, 3.63) is 29.8 Å². The first kappa shape index (κ1) is 15.8. The molecule has 1 aliphatic heterocycles. The van der Waals surface area contributed by atoms with Crippen LogP contribution in [0.25, 0.3) is 0 Å². The Labute approximate surface area is 128 Å². The molecule has 1 atom stereocenters. The van der Waals surface area contributed by atoms with Crippen molar-refractivity contribution in [1.82, 2.24) is 9.80 Å². The maximum Gasteiger partial charge on any atom is 0.245 e. The second-order valence-electron chi connectivity index (χ2n) is 6.54. The first-order chi connectivity index (χ1) is 9.97. The third-order valence-corrected chi connectivity index (χ3v) is 3.78. The molecular formula is C17H27N3O. The smallest absolute Gasteiger partial charge is 0.245 e. The summed E-state index contributed by atoms with van der Waals surface area (Å²) in [6.45, 7) is 6.83. The van der Waals surface area contributed by atoms with Gasteiger partial charge in [0.05, 0.1) is 0 Å². The van der Waals surface area contributed by atoms with Crippen LogP contribution in [0.1, 0.15) is 19.4 Å². The van der Waals surface area contributed by atoms with Gasteiger partial charge in [0.15, 0.2) is 0 Å². The molecule has 0 radical (unpaired) electrons. The zero-order chi connectivity index (χ0) is 15.4. The quantitative estimate of drug-likeness (QED) is 0.871. The number of carbonyl (C=O) groups excluding carboxylic acids is 1. The van der Waals surface area contributed by atoms with E-state index >= 15 is 0 Å². The van der Waals surface area contributed by atoms with E-state index in [9.17, 15) is 4.79 Å². The molecule has 21 heavy (non-hydrogen) atoms. The Kier molecular flexibility index (Phi) is 5.23. The molecule has 4 heteroatoms. The lowest BCUT2D eigenvalue weighted by atomic mass is 10.1. The lowest BCUT2D eigenvalue weighted by molar-refractivity contribution is -0.132. The molecule has 0 spiro atoms. The number of hydrogen-bond donors (Lipinski definition) is 1. The number of nitrogens with zero attached hydrogens (tertiary/aromatic N) is 2. The number of fused-ring (bicyclic) bond motifs is 1. The minimum atomic E-state index is -0.108. The SMILES string of the molecule is CC(C)CN(CCN(C)C)C(=O)C1Cc2ccccc2N1. The number of carbonyl (C=O) groups is 1. The van der Waals surface area contributed by atoms with Gasteiger partial charge in [0, 0.05) is 31.7 Å². The molecule has 1 aromatic carbocycles. The zero-order valence-electron chi connectivity index (χ0n) is 13.6. The predicted molar refractivity (Wildman–Crippen MR) is 87.5 cm³/mol. The van der Waals surface area contributed by atoms with E-state index in [2.05, 4.69) is 36.2 Å². The summed E-state index contributed by atoms with van der Waals surface area (Å²) in [5, 5.41) is 3.37. The molecule has 0 aromatic heterocycles. The first-order valence-corrected chi connectivity index (χ1v) is 7.75. The summed E-state index contributed by atoms with van der Waals surface area (Å²) in [6.07, 6.45) is 0.797. The molecule has 0 saturated heterocycles. The normalized spacial score (nSPS) is 17.0. The van der Waals surface area contributed by atoms with Gasteiger partial charge in [-0.2, -0.15) is 0 Å². The van der Waals surface area contributed by atoms with Gasteiger partial charge in [-0.05, 0) is 31.6 Å². The van der Waals surface area contributed by atoms with Gasteiger partial charge in [-0.3, -0.25) is 4.79 Å². The highest BCUT2D eigenvalue weighted by atomic mass is 16.2. The van der Waals surface area contributed by atoms with Gasteiger partial charge >= 0.3 is 0 Å². The van der Waals surface area contributed by atoms with Gasteiger partial charge < -0.3 is 15.1 Å². The molecule has 0 saturated carbocycles. The molecule has 0 fully saturated rings. The second-order valence-corrected chi connectivity index (χ2v) is 6.54. The topological polar surface area (TPSA) is 35.6 Å². The van der Waals surface area contributed by atoms with Crippen molar-refractivity contribution >= 4 is 11.6 Å². The average molecular weight is 289 g/mol. The Bertz CT molecular complexity index is 460. The van der Waals surface area contributed by atoms with Crippen LogP contribution in [0.2, 0.25) is 0 Å². The maximum atomic E-state index is 12.8. The molecule has 1 amide bonds. The van der Waals surface area contributed by atoms with Crippen molar-refractivity contribution in [3.8, 4) is 0 Å². The van der Waals surface area contributed by atoms with Crippen LogP contribution in [0.5, 0.6) is 0 Å². The van der Waals surface area contributed by atoms with Crippen molar-refractivity contribution in [2.24, 2.45) is 5.92 Å². The predicted octanol–water partition coefficient (Wildman–Crippen LogP) is 2.07. The fraction of sp³-hybridized carbons (Fsp3) is 0.588. The van der Waals surface area contributed by atoms with Crippen LogP contribution >= 0.6 is 0 Å². The van der Waals surface area contributed by atoms with Crippen LogP contribution in [0, 0.1) is 5.92 Å². The Morgan fingerprint density at radius 1 is 1.29 bits per heavy atom. The van der Waals surface area contributed by atoms with E-state index in [1.165, 1.54) is 5.56 Å². The van der Waals surface area contributed by atoms with Crippen molar-refractivity contribution in [1.29, 1.82) is 0 Å². The van der Waals surface area contributed by atoms with E-state index in [1.807, 2.05) is 31.1 Å². The largest absolute Gasteiger partial charge is 0.373 e. The monoisotopic (exact) mass is 289 g/mol. The van der Waals surface area contributed by atoms with Gasteiger partial charge in [0.1, 0.15) is 6.04 Å². The third-order valence-electron chi connectivity index (χ3n) is 3.78. The van der Waals surface area contributed by atoms with Crippen molar-refractivity contribution in [2.45, 2.75) is 26.3 Å². The van der Waals surface area contributed by atoms with Crippen LogP contribution in [-0.4, -0.2) is 55.5 Å². The summed E-state index contributed by atoms with van der Waals surface area (Å²) in [4.78, 5) is 16.9. The number of nitrogens with one attached hydrogen (secondary N) is 1. The van der Waals surface area contributed by atoms with E-state index in [4.69, 9.17) is 0 Å². The van der Waals surface area contributed by atoms with Crippen LogP contribution < -0.4 is 5.32 Å². The lowest BCUT2D eigenvalue weighted by Crippen LogP contribution is -2.46. The van der Waals surface area contributed by atoms with E-state index in [0.717, 1.165) is 31.7 Å². The summed E-state index contributed by atoms with van der Waals surface area (Å²) in [7, 11) is 4.09. The molecule has 1 aliphatic rings. The van der Waals surface area contributed by atoms with E-state index in [0.29, 0.717) is 5.92 Å². The van der Waals surface area contributed by atoms with Gasteiger partial charge in [-0.15, -0.1) is 0 Å². The Morgan fingerprint density at radius 2 is 2.00 bits per heavy atom. The van der Waals surface area contributed by atoms with Crippen LogP contribution in [0.3, 0.4) is 0 Å². The molecular weight excluding hydrogens is 262 g/mol. The summed E-state index contributed by atoms with van der Waals surface area (Å²) >= 11 is 0. The maximum absolute atomic E-state index is 12.8. The van der Waals surface area contributed by atoms with Crippen LogP contribution in [-0.2, 0) is 11.2 Å². The van der Waals surface area contributed by atoms with Gasteiger partial charge in [-0.1, -0.05) is 32.0 Å². The highest BCUT2D eigenvalue weighted by molar-refractivity contribution is 5.87. The van der Waals surface area contributed by atoms with Gasteiger partial charge in [-0.25, -0.2) is 0 Å². The number of amides is 1. The minimum absolute atomic E-state index is 0.108. The highest BCUT2D eigenvalue weighted by Crippen LogP contribution is 2.26. The average Bonchev–Trinajstić information content (AvgIpc) is 2.86. The molecule has 1 unspecified atom stereocenters. The number of rotatable bonds is 6. The summed E-state index contributed by atoms with van der Waals surface area (Å²) in [6, 6.07) is 8.09. The number of para-hydroxylation sites is 1. The van der Waals surface area contributed by atoms with E-state index in [1.54, 1.807) is 0 Å². The summed E-state index contributed by atoms with van der Waals surface area (Å²) in [5.41, 5.74) is 2.35. The highest BCUT2D eigenvalue weighted by Gasteiger charge is 2.30. The third kappa shape index (κ3) is 4.21. The Hall–Kier alpha value is -1.55. The second kappa shape index (κ2) is 6.94. The van der Waals surface area contributed by atoms with Crippen LogP contribution in [0.15, 0.2) is 24.3 Å². The zero-order valence-corrected chi connectivity index (χ0v) is 13.6. The number of anilines is 1. The van der Waals surface area contributed by atoms with Gasteiger partial charge in [0.2, 0.25) is 5.91 Å². The van der Waals surface area contributed by atoms with Crippen molar-refractivity contribution < 1.29 is 4.79 Å². The fourth-order valence-electron chi connectivity index (χ4n) is 2.72. The van der Waals surface area contributed by atoms with Crippen molar-refractivity contribution in [3.63, 3.8) is 0 Å². The number of benzene rings is 1. The van der Waals surface area contributed by atoms with E-state index in [-0.39, 0.29) is 11.9 Å². The Morgan fingerprint density at radius 3 is 2.62 bits per heavy atom. The fourth-order valence-corrected chi connectivity index (χ4v) is 2.72. The van der Waals surface area contributed by atoms with Crippen LogP contribution in [0.4, 0.5) is 5.69 Å². The molecule has 1 aromatic rings. The Balaban J connectivity index is 2.01. The van der Waals surface area contributed by atoms with Gasteiger partial charge in [0.25, 0.3) is 0 Å².